The van der Waals surface area contributed by atoms with Crippen molar-refractivity contribution in [3.8, 4) is 0 Å². The van der Waals surface area contributed by atoms with Crippen molar-refractivity contribution in [1.82, 2.24) is 4.90 Å². The molecule has 126 valence electrons. The number of benzene rings is 2. The minimum Gasteiger partial charge on any atom is -0.294 e. The fourth-order valence-electron chi connectivity index (χ4n) is 5.10. The predicted molar refractivity (Wildman–Crippen MR) is 101 cm³/mol. The van der Waals surface area contributed by atoms with Crippen molar-refractivity contribution in [2.75, 3.05) is 6.54 Å². The lowest BCUT2D eigenvalue weighted by atomic mass is 9.94. The van der Waals surface area contributed by atoms with Crippen LogP contribution in [0.25, 0.3) is 0 Å². The maximum absolute atomic E-state index is 2.92. The number of rotatable bonds is 5. The first-order valence-electron chi connectivity index (χ1n) is 9.70. The highest BCUT2D eigenvalue weighted by Gasteiger charge is 2.46. The second kappa shape index (κ2) is 7.11. The van der Waals surface area contributed by atoms with Crippen molar-refractivity contribution in [1.29, 1.82) is 0 Å². The number of hydrogen-bond donors (Lipinski definition) is 0. The van der Waals surface area contributed by atoms with E-state index in [2.05, 4.69) is 65.6 Å². The van der Waals surface area contributed by atoms with Crippen LogP contribution >= 0.6 is 0 Å². The molecular weight excluding hydrogens is 290 g/mol. The zero-order valence-corrected chi connectivity index (χ0v) is 14.7. The van der Waals surface area contributed by atoms with E-state index in [1.54, 1.807) is 0 Å². The van der Waals surface area contributed by atoms with Gasteiger partial charge in [-0.2, -0.15) is 0 Å². The highest BCUT2D eigenvalue weighted by molar-refractivity contribution is 5.19. The van der Waals surface area contributed by atoms with E-state index < -0.39 is 0 Å². The molecule has 1 unspecified atom stereocenters. The third-order valence-electron chi connectivity index (χ3n) is 6.33. The third-order valence-corrected chi connectivity index (χ3v) is 6.33. The Hall–Kier alpha value is -1.60. The minimum atomic E-state index is 0.522. The van der Waals surface area contributed by atoms with E-state index in [9.17, 15) is 0 Å². The van der Waals surface area contributed by atoms with Crippen molar-refractivity contribution in [3.05, 3.63) is 71.8 Å². The van der Waals surface area contributed by atoms with Gasteiger partial charge in [-0.25, -0.2) is 0 Å². The molecule has 2 aromatic carbocycles. The summed E-state index contributed by atoms with van der Waals surface area (Å²) < 4.78 is 0. The van der Waals surface area contributed by atoms with E-state index in [-0.39, 0.29) is 0 Å². The van der Waals surface area contributed by atoms with E-state index in [0.29, 0.717) is 5.54 Å². The zero-order valence-electron chi connectivity index (χ0n) is 14.7. The van der Waals surface area contributed by atoms with E-state index >= 15 is 0 Å². The van der Waals surface area contributed by atoms with Gasteiger partial charge < -0.3 is 0 Å². The van der Waals surface area contributed by atoms with Crippen LogP contribution < -0.4 is 0 Å². The average Bonchev–Trinajstić information content (AvgIpc) is 3.24. The third kappa shape index (κ3) is 3.28. The summed E-state index contributed by atoms with van der Waals surface area (Å²) in [5.41, 5.74) is 3.51. The molecule has 1 heteroatoms. The standard InChI is InChI=1S/C23H29N/c1-3-9-20(10-4-1)14-18-24-22(19-21-11-5-2-6-12-21)13-17-23(24)15-7-8-16-23/h1-6,9-12,22H,7-8,13-19H2. The molecule has 1 aliphatic heterocycles. The summed E-state index contributed by atoms with van der Waals surface area (Å²) in [6.07, 6.45) is 10.9. The topological polar surface area (TPSA) is 3.24 Å². The summed E-state index contributed by atoms with van der Waals surface area (Å²) in [5, 5.41) is 0. The molecule has 1 saturated carbocycles. The highest BCUT2D eigenvalue weighted by atomic mass is 15.3. The van der Waals surface area contributed by atoms with Gasteiger partial charge in [-0.15, -0.1) is 0 Å². The van der Waals surface area contributed by atoms with Gasteiger partial charge in [-0.05, 0) is 49.7 Å². The Morgan fingerprint density at radius 1 is 0.792 bits per heavy atom. The van der Waals surface area contributed by atoms with Crippen LogP contribution in [0, 0.1) is 0 Å². The van der Waals surface area contributed by atoms with Crippen LogP contribution in [0.2, 0.25) is 0 Å². The molecule has 1 spiro atoms. The maximum atomic E-state index is 2.92. The lowest BCUT2D eigenvalue weighted by molar-refractivity contribution is 0.104. The molecular formula is C23H29N. The molecule has 0 amide bonds. The summed E-state index contributed by atoms with van der Waals surface area (Å²) >= 11 is 0. The second-order valence-corrected chi connectivity index (χ2v) is 7.74. The fraction of sp³-hybridized carbons (Fsp3) is 0.478. The lowest BCUT2D eigenvalue weighted by Crippen LogP contribution is -2.47. The highest BCUT2D eigenvalue weighted by Crippen LogP contribution is 2.46. The normalized spacial score (nSPS) is 23.1. The monoisotopic (exact) mass is 319 g/mol. The molecule has 1 atom stereocenters. The minimum absolute atomic E-state index is 0.522. The van der Waals surface area contributed by atoms with Crippen LogP contribution in [0.4, 0.5) is 0 Å². The largest absolute Gasteiger partial charge is 0.294 e. The summed E-state index contributed by atoms with van der Waals surface area (Å²) in [6, 6.07) is 22.9. The number of nitrogens with zero attached hydrogens (tertiary/aromatic N) is 1. The van der Waals surface area contributed by atoms with Crippen molar-refractivity contribution in [2.24, 2.45) is 0 Å². The van der Waals surface area contributed by atoms with E-state index in [1.165, 1.54) is 69.0 Å². The van der Waals surface area contributed by atoms with Crippen molar-refractivity contribution in [3.63, 3.8) is 0 Å². The Morgan fingerprint density at radius 2 is 1.42 bits per heavy atom. The molecule has 1 heterocycles. The predicted octanol–water partition coefficient (Wildman–Crippen LogP) is 5.25. The molecule has 0 radical (unpaired) electrons. The Morgan fingerprint density at radius 3 is 2.08 bits per heavy atom. The van der Waals surface area contributed by atoms with Gasteiger partial charge in [0.15, 0.2) is 0 Å². The maximum Gasteiger partial charge on any atom is 0.0213 e. The second-order valence-electron chi connectivity index (χ2n) is 7.74. The van der Waals surface area contributed by atoms with Crippen LogP contribution in [0.5, 0.6) is 0 Å². The Bertz CT molecular complexity index is 628. The molecule has 0 bridgehead atoms. The van der Waals surface area contributed by atoms with Crippen molar-refractivity contribution >= 4 is 0 Å². The summed E-state index contributed by atoms with van der Waals surface area (Å²) in [5.74, 6) is 0. The lowest BCUT2D eigenvalue weighted by Gasteiger charge is -2.39. The van der Waals surface area contributed by atoms with E-state index in [1.807, 2.05) is 0 Å². The van der Waals surface area contributed by atoms with Gasteiger partial charge in [0.2, 0.25) is 0 Å². The molecule has 24 heavy (non-hydrogen) atoms. The van der Waals surface area contributed by atoms with Crippen LogP contribution in [0.1, 0.15) is 49.7 Å². The molecule has 0 N–H and O–H groups in total. The molecule has 2 aromatic rings. The van der Waals surface area contributed by atoms with Crippen LogP contribution in [0.15, 0.2) is 60.7 Å². The van der Waals surface area contributed by atoms with Crippen molar-refractivity contribution in [2.45, 2.75) is 62.9 Å². The Labute approximate surface area is 146 Å². The summed E-state index contributed by atoms with van der Waals surface area (Å²) in [7, 11) is 0. The summed E-state index contributed by atoms with van der Waals surface area (Å²) in [4.78, 5) is 2.92. The van der Waals surface area contributed by atoms with E-state index in [4.69, 9.17) is 0 Å². The quantitative estimate of drug-likeness (QED) is 0.727. The van der Waals surface area contributed by atoms with Crippen LogP contribution in [-0.2, 0) is 12.8 Å². The van der Waals surface area contributed by atoms with E-state index in [0.717, 1.165) is 6.04 Å². The molecule has 2 fully saturated rings. The Balaban J connectivity index is 1.50. The average molecular weight is 319 g/mol. The number of likely N-dealkylation sites (tertiary alicyclic amines) is 1. The van der Waals surface area contributed by atoms with Crippen molar-refractivity contribution < 1.29 is 0 Å². The first kappa shape index (κ1) is 15.9. The van der Waals surface area contributed by atoms with Crippen LogP contribution in [-0.4, -0.2) is 23.0 Å². The van der Waals surface area contributed by atoms with Gasteiger partial charge >= 0.3 is 0 Å². The van der Waals surface area contributed by atoms with Gasteiger partial charge in [-0.1, -0.05) is 73.5 Å². The Kier molecular flexibility index (Phi) is 4.71. The molecule has 1 saturated heterocycles. The van der Waals surface area contributed by atoms with Gasteiger partial charge in [-0.3, -0.25) is 4.90 Å². The summed E-state index contributed by atoms with van der Waals surface area (Å²) in [6.45, 7) is 1.22. The first-order valence-corrected chi connectivity index (χ1v) is 9.70. The van der Waals surface area contributed by atoms with Gasteiger partial charge in [0.1, 0.15) is 0 Å². The van der Waals surface area contributed by atoms with Gasteiger partial charge in [0, 0.05) is 18.1 Å². The molecule has 1 aliphatic carbocycles. The van der Waals surface area contributed by atoms with Crippen LogP contribution in [0.3, 0.4) is 0 Å². The molecule has 0 aromatic heterocycles. The zero-order chi connectivity index (χ0) is 16.2. The fourth-order valence-corrected chi connectivity index (χ4v) is 5.10. The SMILES string of the molecule is c1ccc(CCN2C(Cc3ccccc3)CCC23CCCC3)cc1. The smallest absolute Gasteiger partial charge is 0.0213 e. The molecule has 4 rings (SSSR count). The van der Waals surface area contributed by atoms with Gasteiger partial charge in [0.05, 0.1) is 0 Å². The molecule has 2 aliphatic rings. The first-order chi connectivity index (χ1) is 11.9. The molecule has 1 nitrogen and oxygen atoms in total. The van der Waals surface area contributed by atoms with Gasteiger partial charge in [0.25, 0.3) is 0 Å². The number of hydrogen-bond acceptors (Lipinski definition) is 1.